The van der Waals surface area contributed by atoms with Crippen LogP contribution in [-0.2, 0) is 11.3 Å². The summed E-state index contributed by atoms with van der Waals surface area (Å²) in [5, 5.41) is 8.76. The highest BCUT2D eigenvalue weighted by Gasteiger charge is 2.42. The SMILES string of the molecule is COc1ccccc1CN(CCO)C(=O)C(F)(F)F. The zero-order valence-electron chi connectivity index (χ0n) is 10.3. The van der Waals surface area contributed by atoms with Crippen LogP contribution in [0, 0.1) is 0 Å². The predicted octanol–water partition coefficient (Wildman–Crippen LogP) is 1.58. The molecule has 0 saturated carbocycles. The Hall–Kier alpha value is -1.76. The van der Waals surface area contributed by atoms with E-state index < -0.39 is 25.2 Å². The number of hydrogen-bond donors (Lipinski definition) is 1. The molecule has 1 N–H and O–H groups in total. The minimum absolute atomic E-state index is 0.275. The fraction of sp³-hybridized carbons (Fsp3) is 0.417. The normalized spacial score (nSPS) is 11.2. The number of methoxy groups -OCH3 is 1. The van der Waals surface area contributed by atoms with Crippen molar-refractivity contribution < 1.29 is 27.8 Å². The van der Waals surface area contributed by atoms with Crippen LogP contribution in [0.5, 0.6) is 5.75 Å². The molecule has 0 radical (unpaired) electrons. The Labute approximate surface area is 108 Å². The van der Waals surface area contributed by atoms with E-state index in [0.29, 0.717) is 16.2 Å². The summed E-state index contributed by atoms with van der Waals surface area (Å²) in [5.41, 5.74) is 0.441. The van der Waals surface area contributed by atoms with Gasteiger partial charge in [0.05, 0.1) is 13.7 Å². The molecule has 7 heteroatoms. The lowest BCUT2D eigenvalue weighted by molar-refractivity contribution is -0.186. The summed E-state index contributed by atoms with van der Waals surface area (Å²) in [7, 11) is 1.39. The summed E-state index contributed by atoms with van der Waals surface area (Å²) in [6, 6.07) is 6.45. The maximum Gasteiger partial charge on any atom is 0.471 e. The molecular weight excluding hydrogens is 263 g/mol. The van der Waals surface area contributed by atoms with Crippen LogP contribution >= 0.6 is 0 Å². The van der Waals surface area contributed by atoms with Crippen molar-refractivity contribution in [1.82, 2.24) is 4.90 Å². The molecule has 1 aromatic rings. The molecule has 0 bridgehead atoms. The van der Waals surface area contributed by atoms with Gasteiger partial charge >= 0.3 is 12.1 Å². The van der Waals surface area contributed by atoms with E-state index in [1.807, 2.05) is 0 Å². The van der Waals surface area contributed by atoms with Crippen LogP contribution in [0.2, 0.25) is 0 Å². The van der Waals surface area contributed by atoms with Crippen molar-refractivity contribution >= 4 is 5.91 Å². The second-order valence-electron chi connectivity index (χ2n) is 3.76. The predicted molar refractivity (Wildman–Crippen MR) is 61.6 cm³/mol. The molecule has 1 rings (SSSR count). The number of aliphatic hydroxyl groups excluding tert-OH is 1. The summed E-state index contributed by atoms with van der Waals surface area (Å²) < 4.78 is 42.2. The van der Waals surface area contributed by atoms with Crippen molar-refractivity contribution in [3.8, 4) is 5.75 Å². The molecule has 1 aromatic carbocycles. The summed E-state index contributed by atoms with van der Waals surface area (Å²) >= 11 is 0. The number of rotatable bonds is 5. The van der Waals surface area contributed by atoms with Gasteiger partial charge in [-0.2, -0.15) is 13.2 Å². The third-order valence-electron chi connectivity index (χ3n) is 2.45. The van der Waals surface area contributed by atoms with Gasteiger partial charge in [-0.3, -0.25) is 4.79 Å². The maximum absolute atomic E-state index is 12.4. The Bertz CT molecular complexity index is 434. The second-order valence-corrected chi connectivity index (χ2v) is 3.76. The third-order valence-corrected chi connectivity index (χ3v) is 2.45. The third kappa shape index (κ3) is 4.13. The number of alkyl halides is 3. The van der Waals surface area contributed by atoms with E-state index in [0.717, 1.165) is 0 Å². The molecule has 0 unspecified atom stereocenters. The van der Waals surface area contributed by atoms with E-state index >= 15 is 0 Å². The smallest absolute Gasteiger partial charge is 0.471 e. The van der Waals surface area contributed by atoms with E-state index in [1.165, 1.54) is 7.11 Å². The number of nitrogens with zero attached hydrogens (tertiary/aromatic N) is 1. The summed E-state index contributed by atoms with van der Waals surface area (Å²) in [5.74, 6) is -1.59. The molecule has 0 aromatic heterocycles. The van der Waals surface area contributed by atoms with Crippen LogP contribution in [0.25, 0.3) is 0 Å². The standard InChI is InChI=1S/C12H14F3NO3/c1-19-10-5-3-2-4-9(10)8-16(6-7-17)11(18)12(13,14)15/h2-5,17H,6-8H2,1H3. The zero-order chi connectivity index (χ0) is 14.5. The number of para-hydroxylation sites is 1. The number of carbonyl (C=O) groups is 1. The van der Waals surface area contributed by atoms with E-state index in [4.69, 9.17) is 9.84 Å². The molecule has 0 aliphatic heterocycles. The molecule has 0 fully saturated rings. The van der Waals surface area contributed by atoms with Crippen molar-refractivity contribution in [2.24, 2.45) is 0 Å². The fourth-order valence-electron chi connectivity index (χ4n) is 1.59. The minimum atomic E-state index is -4.96. The number of ether oxygens (including phenoxy) is 1. The van der Waals surface area contributed by atoms with Crippen molar-refractivity contribution in [3.63, 3.8) is 0 Å². The molecular formula is C12H14F3NO3. The zero-order valence-corrected chi connectivity index (χ0v) is 10.3. The van der Waals surface area contributed by atoms with Gasteiger partial charge in [0.1, 0.15) is 5.75 Å². The van der Waals surface area contributed by atoms with Gasteiger partial charge in [-0.15, -0.1) is 0 Å². The van der Waals surface area contributed by atoms with E-state index in [9.17, 15) is 18.0 Å². The Balaban J connectivity index is 2.93. The Morgan fingerprint density at radius 1 is 1.37 bits per heavy atom. The molecule has 1 amide bonds. The minimum Gasteiger partial charge on any atom is -0.496 e. The van der Waals surface area contributed by atoms with Gasteiger partial charge in [-0.25, -0.2) is 0 Å². The highest BCUT2D eigenvalue weighted by Crippen LogP contribution is 2.23. The molecule has 0 heterocycles. The molecule has 19 heavy (non-hydrogen) atoms. The van der Waals surface area contributed by atoms with Gasteiger partial charge in [-0.05, 0) is 6.07 Å². The first kappa shape index (κ1) is 15.3. The lowest BCUT2D eigenvalue weighted by Crippen LogP contribution is -2.42. The van der Waals surface area contributed by atoms with Gasteiger partial charge in [0.25, 0.3) is 0 Å². The number of amides is 1. The van der Waals surface area contributed by atoms with Crippen molar-refractivity contribution in [2.75, 3.05) is 20.3 Å². The quantitative estimate of drug-likeness (QED) is 0.889. The maximum atomic E-state index is 12.4. The molecule has 106 valence electrons. The van der Waals surface area contributed by atoms with Crippen molar-refractivity contribution in [2.45, 2.75) is 12.7 Å². The first-order chi connectivity index (χ1) is 8.90. The average Bonchev–Trinajstić information content (AvgIpc) is 2.37. The van der Waals surface area contributed by atoms with Crippen LogP contribution in [0.3, 0.4) is 0 Å². The summed E-state index contributed by atoms with van der Waals surface area (Å²) in [6.07, 6.45) is -4.96. The molecule has 0 spiro atoms. The van der Waals surface area contributed by atoms with Crippen LogP contribution in [0.4, 0.5) is 13.2 Å². The van der Waals surface area contributed by atoms with Crippen LogP contribution in [-0.4, -0.2) is 42.4 Å². The van der Waals surface area contributed by atoms with E-state index in [-0.39, 0.29) is 6.54 Å². The highest BCUT2D eigenvalue weighted by molar-refractivity contribution is 5.81. The monoisotopic (exact) mass is 277 g/mol. The second kappa shape index (κ2) is 6.42. The number of hydrogen-bond acceptors (Lipinski definition) is 3. The average molecular weight is 277 g/mol. The Morgan fingerprint density at radius 2 is 2.00 bits per heavy atom. The highest BCUT2D eigenvalue weighted by atomic mass is 19.4. The van der Waals surface area contributed by atoms with Crippen LogP contribution < -0.4 is 4.74 Å². The summed E-state index contributed by atoms with van der Waals surface area (Å²) in [4.78, 5) is 11.7. The van der Waals surface area contributed by atoms with Gasteiger partial charge in [-0.1, -0.05) is 18.2 Å². The summed E-state index contributed by atoms with van der Waals surface area (Å²) in [6.45, 7) is -1.21. The van der Waals surface area contributed by atoms with Crippen molar-refractivity contribution in [1.29, 1.82) is 0 Å². The fourth-order valence-corrected chi connectivity index (χ4v) is 1.59. The van der Waals surface area contributed by atoms with Crippen LogP contribution in [0.1, 0.15) is 5.56 Å². The number of benzene rings is 1. The molecule has 4 nitrogen and oxygen atoms in total. The van der Waals surface area contributed by atoms with E-state index in [2.05, 4.69) is 0 Å². The largest absolute Gasteiger partial charge is 0.496 e. The molecule has 0 aliphatic carbocycles. The number of carbonyl (C=O) groups excluding carboxylic acids is 1. The Morgan fingerprint density at radius 3 is 2.53 bits per heavy atom. The first-order valence-electron chi connectivity index (χ1n) is 5.49. The van der Waals surface area contributed by atoms with Gasteiger partial charge in [0, 0.05) is 18.7 Å². The molecule has 0 saturated heterocycles. The molecule has 0 atom stereocenters. The van der Waals surface area contributed by atoms with Gasteiger partial charge < -0.3 is 14.7 Å². The molecule has 0 aliphatic rings. The van der Waals surface area contributed by atoms with Gasteiger partial charge in [0.15, 0.2) is 0 Å². The van der Waals surface area contributed by atoms with Crippen molar-refractivity contribution in [3.05, 3.63) is 29.8 Å². The van der Waals surface area contributed by atoms with Crippen LogP contribution in [0.15, 0.2) is 24.3 Å². The number of aliphatic hydroxyl groups is 1. The lowest BCUT2D eigenvalue weighted by Gasteiger charge is -2.23. The lowest BCUT2D eigenvalue weighted by atomic mass is 10.2. The van der Waals surface area contributed by atoms with E-state index in [1.54, 1.807) is 24.3 Å². The first-order valence-corrected chi connectivity index (χ1v) is 5.49. The Kier molecular flexibility index (Phi) is 5.17. The number of halogens is 3. The topological polar surface area (TPSA) is 49.8 Å². The van der Waals surface area contributed by atoms with Gasteiger partial charge in [0.2, 0.25) is 0 Å².